The summed E-state index contributed by atoms with van der Waals surface area (Å²) in [5.74, 6) is 1.28. The van der Waals surface area contributed by atoms with Gasteiger partial charge in [0, 0.05) is 25.3 Å². The Morgan fingerprint density at radius 2 is 1.98 bits per heavy atom. The molecule has 0 amide bonds. The maximum absolute atomic E-state index is 12.4. The number of nitrogens with one attached hydrogen (secondary N) is 1. The molecule has 4 aromatic rings. The molecule has 14 heteroatoms. The number of pyridine rings is 2. The van der Waals surface area contributed by atoms with Crippen LogP contribution in [-0.2, 0) is 25.7 Å². The van der Waals surface area contributed by atoms with Gasteiger partial charge < -0.3 is 25.3 Å². The molecule has 0 bridgehead atoms. The molecule has 42 heavy (non-hydrogen) atoms. The smallest absolute Gasteiger partial charge is 0.184 e. The maximum atomic E-state index is 12.4. The number of anilines is 3. The molecular weight excluding hydrogens is 582 g/mol. The van der Waals surface area contributed by atoms with E-state index in [-0.39, 0.29) is 41.0 Å². The molecule has 1 saturated heterocycles. The van der Waals surface area contributed by atoms with E-state index in [0.717, 1.165) is 25.5 Å². The minimum absolute atomic E-state index is 0.117. The van der Waals surface area contributed by atoms with Crippen LogP contribution in [0.1, 0.15) is 37.0 Å². The number of imidazole rings is 1. The van der Waals surface area contributed by atoms with Crippen molar-refractivity contribution >= 4 is 49.8 Å². The lowest BCUT2D eigenvalue weighted by Gasteiger charge is -2.25. The first-order valence-corrected chi connectivity index (χ1v) is 15.6. The summed E-state index contributed by atoms with van der Waals surface area (Å²) in [4.78, 5) is 13.6. The highest BCUT2D eigenvalue weighted by Crippen LogP contribution is 2.35. The summed E-state index contributed by atoms with van der Waals surface area (Å²) in [6.07, 6.45) is 4.09. The van der Waals surface area contributed by atoms with Gasteiger partial charge in [0.15, 0.2) is 26.9 Å². The highest BCUT2D eigenvalue weighted by atomic mass is 35.5. The number of aromatic nitrogens is 4. The van der Waals surface area contributed by atoms with Crippen molar-refractivity contribution in [2.24, 2.45) is 0 Å². The number of nitrogens with zero attached hydrogens (tertiary/aromatic N) is 5. The second-order valence-corrected chi connectivity index (χ2v) is 12.1. The van der Waals surface area contributed by atoms with Crippen molar-refractivity contribution in [1.82, 2.24) is 19.5 Å². The molecule has 0 saturated carbocycles. The third-order valence-electron chi connectivity index (χ3n) is 6.63. The topological polar surface area (TPSA) is 167 Å². The lowest BCUT2D eigenvalue weighted by atomic mass is 10.2. The summed E-state index contributed by atoms with van der Waals surface area (Å²) in [5.41, 5.74) is 7.75. The minimum Gasteiger partial charge on any atom is -0.488 e. The predicted molar refractivity (Wildman–Crippen MR) is 158 cm³/mol. The van der Waals surface area contributed by atoms with Crippen molar-refractivity contribution in [3.05, 3.63) is 59.1 Å². The quantitative estimate of drug-likeness (QED) is 0.182. The van der Waals surface area contributed by atoms with Gasteiger partial charge >= 0.3 is 0 Å². The fourth-order valence-electron chi connectivity index (χ4n) is 4.75. The molecule has 1 atom stereocenters. The Morgan fingerprint density at radius 1 is 1.14 bits per heavy atom. The fourth-order valence-corrected chi connectivity index (χ4v) is 5.79. The molecule has 3 aromatic heterocycles. The zero-order chi connectivity index (χ0) is 29.7. The number of para-hydroxylation sites is 1. The van der Waals surface area contributed by atoms with Crippen molar-refractivity contribution in [2.45, 2.75) is 36.8 Å². The van der Waals surface area contributed by atoms with Crippen LogP contribution in [-0.4, -0.2) is 60.6 Å². The van der Waals surface area contributed by atoms with Gasteiger partial charge in [-0.25, -0.2) is 23.4 Å². The molecule has 1 unspecified atom stereocenters. The largest absolute Gasteiger partial charge is 0.488 e. The number of fused-ring (bicyclic) bond motifs is 1. The van der Waals surface area contributed by atoms with Crippen LogP contribution in [0.3, 0.4) is 0 Å². The van der Waals surface area contributed by atoms with E-state index in [1.54, 1.807) is 42.5 Å². The number of hydrogen-bond acceptors (Lipinski definition) is 11. The Labute approximate surface area is 248 Å². The number of halogens is 1. The van der Waals surface area contributed by atoms with Gasteiger partial charge in [-0.1, -0.05) is 23.7 Å². The third kappa shape index (κ3) is 6.74. The van der Waals surface area contributed by atoms with Crippen molar-refractivity contribution in [3.63, 3.8) is 0 Å². The van der Waals surface area contributed by atoms with E-state index < -0.39 is 9.84 Å². The van der Waals surface area contributed by atoms with Crippen molar-refractivity contribution in [1.29, 1.82) is 5.26 Å². The summed E-state index contributed by atoms with van der Waals surface area (Å²) < 4.78 is 44.3. The molecule has 0 spiro atoms. The zero-order valence-electron chi connectivity index (χ0n) is 22.9. The van der Waals surface area contributed by atoms with E-state index >= 15 is 0 Å². The normalized spacial score (nSPS) is 15.4. The Bertz CT molecular complexity index is 1730. The van der Waals surface area contributed by atoms with Gasteiger partial charge in [0.1, 0.15) is 41.2 Å². The van der Waals surface area contributed by atoms with Gasteiger partial charge in [0.25, 0.3) is 0 Å². The average Bonchev–Trinajstić information content (AvgIpc) is 3.33. The predicted octanol–water partition coefficient (Wildman–Crippen LogP) is 4.42. The number of hydrogen-bond donors (Lipinski definition) is 2. The molecule has 0 radical (unpaired) electrons. The lowest BCUT2D eigenvalue weighted by molar-refractivity contribution is -0.0318. The standard InChI is InChI=1S/C28H30ClN7O5S/c1-42(37,38)22-7-3-2-6-18(22)32-19-16-23(29)34-28-27(19)35-25(36(28)26-8-4-5-12-41-26)11-13-39-14-15-40-21-9-10-24(31)33-20(21)17-30/h2-3,6-7,9-10,16,26H,4-5,8,11-15H2,1H3,(H2,31,33)(H,32,34). The van der Waals surface area contributed by atoms with Gasteiger partial charge in [-0.3, -0.25) is 4.57 Å². The van der Waals surface area contributed by atoms with Crippen molar-refractivity contribution in [3.8, 4) is 11.8 Å². The Kier molecular flexibility index (Phi) is 9.08. The van der Waals surface area contributed by atoms with Gasteiger partial charge in [0.05, 0.1) is 29.5 Å². The first kappa shape index (κ1) is 29.5. The molecule has 1 aromatic carbocycles. The first-order chi connectivity index (χ1) is 20.2. The first-order valence-electron chi connectivity index (χ1n) is 13.4. The van der Waals surface area contributed by atoms with Crippen LogP contribution in [0.5, 0.6) is 5.75 Å². The summed E-state index contributed by atoms with van der Waals surface area (Å²) in [6.45, 7) is 1.44. The lowest BCUT2D eigenvalue weighted by Crippen LogP contribution is -2.21. The highest BCUT2D eigenvalue weighted by Gasteiger charge is 2.25. The summed E-state index contributed by atoms with van der Waals surface area (Å²) in [6, 6.07) is 13.4. The average molecular weight is 612 g/mol. The van der Waals surface area contributed by atoms with Crippen molar-refractivity contribution in [2.75, 3.05) is 43.7 Å². The minimum atomic E-state index is -3.49. The number of nitrogen functional groups attached to an aromatic ring is 1. The molecule has 220 valence electrons. The summed E-state index contributed by atoms with van der Waals surface area (Å²) in [7, 11) is -3.49. The van der Waals surface area contributed by atoms with Crippen LogP contribution in [0.15, 0.2) is 47.4 Å². The van der Waals surface area contributed by atoms with Crippen LogP contribution >= 0.6 is 11.6 Å². The number of sulfone groups is 1. The molecule has 5 rings (SSSR count). The fraction of sp³-hybridized carbons (Fsp3) is 0.357. The third-order valence-corrected chi connectivity index (χ3v) is 7.98. The van der Waals surface area contributed by atoms with E-state index in [1.807, 2.05) is 10.6 Å². The van der Waals surface area contributed by atoms with Crippen LogP contribution < -0.4 is 15.8 Å². The molecule has 3 N–H and O–H groups in total. The van der Waals surface area contributed by atoms with E-state index in [2.05, 4.69) is 15.3 Å². The summed E-state index contributed by atoms with van der Waals surface area (Å²) in [5, 5.41) is 12.7. The van der Waals surface area contributed by atoms with Crippen LogP contribution in [0.2, 0.25) is 5.15 Å². The van der Waals surface area contributed by atoms with Crippen LogP contribution in [0.4, 0.5) is 17.2 Å². The highest BCUT2D eigenvalue weighted by molar-refractivity contribution is 7.90. The Morgan fingerprint density at radius 3 is 2.74 bits per heavy atom. The van der Waals surface area contributed by atoms with Gasteiger partial charge in [0.2, 0.25) is 0 Å². The monoisotopic (exact) mass is 611 g/mol. The number of nitriles is 1. The Hall–Kier alpha value is -3.96. The molecule has 0 aliphatic carbocycles. The molecule has 1 fully saturated rings. The van der Waals surface area contributed by atoms with Gasteiger partial charge in [-0.05, 0) is 43.5 Å². The second kappa shape index (κ2) is 12.9. The van der Waals surface area contributed by atoms with Crippen LogP contribution in [0.25, 0.3) is 11.2 Å². The van der Waals surface area contributed by atoms with Gasteiger partial charge in [-0.2, -0.15) is 5.26 Å². The molecular formula is C28H30ClN7O5S. The second-order valence-electron chi connectivity index (χ2n) is 9.68. The molecule has 1 aliphatic heterocycles. The molecule has 1 aliphatic rings. The van der Waals surface area contributed by atoms with Gasteiger partial charge in [-0.15, -0.1) is 0 Å². The molecule has 12 nitrogen and oxygen atoms in total. The van der Waals surface area contributed by atoms with E-state index in [9.17, 15) is 13.7 Å². The zero-order valence-corrected chi connectivity index (χ0v) is 24.5. The SMILES string of the molecule is CS(=O)(=O)c1ccccc1Nc1cc(Cl)nc2c1nc(CCOCCOc1ccc(N)nc1C#N)n2C1CCCCO1. The van der Waals surface area contributed by atoms with Crippen LogP contribution in [0, 0.1) is 11.3 Å². The number of ether oxygens (including phenoxy) is 3. The Balaban J connectivity index is 1.36. The number of rotatable bonds is 11. The maximum Gasteiger partial charge on any atom is 0.184 e. The number of nitrogens with two attached hydrogens (primary N) is 1. The summed E-state index contributed by atoms with van der Waals surface area (Å²) >= 11 is 6.46. The van der Waals surface area contributed by atoms with E-state index in [0.29, 0.717) is 53.7 Å². The van der Waals surface area contributed by atoms with E-state index in [1.165, 1.54) is 0 Å². The number of benzene rings is 1. The van der Waals surface area contributed by atoms with E-state index in [4.69, 9.17) is 36.5 Å². The molecule has 4 heterocycles. The van der Waals surface area contributed by atoms with Crippen molar-refractivity contribution < 1.29 is 22.6 Å².